The maximum Gasteiger partial charge on any atom is 0.235 e. The number of nitrogens with zero attached hydrogens (tertiary/aromatic N) is 2. The van der Waals surface area contributed by atoms with Crippen molar-refractivity contribution in [1.29, 1.82) is 0 Å². The first-order valence-corrected chi connectivity index (χ1v) is 11.7. The molecular formula is C22H27N3O3S. The van der Waals surface area contributed by atoms with E-state index in [0.29, 0.717) is 19.5 Å². The predicted octanol–water partition coefficient (Wildman–Crippen LogP) is 3.31. The van der Waals surface area contributed by atoms with Gasteiger partial charge in [0.2, 0.25) is 5.91 Å². The van der Waals surface area contributed by atoms with Gasteiger partial charge in [0.1, 0.15) is 5.75 Å². The van der Waals surface area contributed by atoms with Crippen molar-refractivity contribution in [2.75, 3.05) is 11.5 Å². The van der Waals surface area contributed by atoms with Gasteiger partial charge < -0.3 is 9.88 Å². The third-order valence-corrected chi connectivity index (χ3v) is 6.42. The van der Waals surface area contributed by atoms with E-state index < -0.39 is 21.5 Å². The van der Waals surface area contributed by atoms with Crippen LogP contribution in [0.4, 0.5) is 0 Å². The van der Waals surface area contributed by atoms with Gasteiger partial charge in [0.25, 0.3) is 0 Å². The molecule has 1 aromatic heterocycles. The molecule has 0 unspecified atom stereocenters. The van der Waals surface area contributed by atoms with Crippen LogP contribution in [0.1, 0.15) is 37.3 Å². The maximum absolute atomic E-state index is 12.0. The molecule has 7 heteroatoms. The standard InChI is InChI=1S/C22H27N3O3S/c1-2-3-6-13-29(27,28)16-22(26)23-14-18-9-11-19(12-10-18)15-25-17-24-20-7-4-5-8-21(20)25/h4-5,7-12,17H,2-3,6,13-16H2,1H3,(H,23,26). The van der Waals surface area contributed by atoms with Gasteiger partial charge in [-0.25, -0.2) is 13.4 Å². The molecular weight excluding hydrogens is 386 g/mol. The quantitative estimate of drug-likeness (QED) is 0.517. The molecule has 0 saturated heterocycles. The molecule has 0 aliphatic rings. The molecule has 0 bridgehead atoms. The summed E-state index contributed by atoms with van der Waals surface area (Å²) in [5, 5.41) is 2.70. The van der Waals surface area contributed by atoms with E-state index in [-0.39, 0.29) is 5.75 Å². The molecule has 0 aliphatic heterocycles. The van der Waals surface area contributed by atoms with Gasteiger partial charge in [-0.2, -0.15) is 0 Å². The molecule has 154 valence electrons. The second kappa shape index (κ2) is 9.69. The fourth-order valence-corrected chi connectivity index (χ4v) is 4.48. The van der Waals surface area contributed by atoms with Gasteiger partial charge in [0.15, 0.2) is 9.84 Å². The molecule has 0 fully saturated rings. The minimum absolute atomic E-state index is 0.0753. The van der Waals surface area contributed by atoms with Crippen LogP contribution in [-0.4, -0.2) is 35.4 Å². The van der Waals surface area contributed by atoms with Crippen LogP contribution >= 0.6 is 0 Å². The van der Waals surface area contributed by atoms with Gasteiger partial charge in [0, 0.05) is 13.1 Å². The highest BCUT2D eigenvalue weighted by Gasteiger charge is 2.16. The molecule has 3 rings (SSSR count). The second-order valence-corrected chi connectivity index (χ2v) is 9.44. The number of aromatic nitrogens is 2. The van der Waals surface area contributed by atoms with E-state index in [0.717, 1.165) is 35.0 Å². The molecule has 2 aromatic carbocycles. The lowest BCUT2D eigenvalue weighted by molar-refractivity contribution is -0.118. The Hall–Kier alpha value is -2.67. The summed E-state index contributed by atoms with van der Waals surface area (Å²) in [7, 11) is -3.33. The lowest BCUT2D eigenvalue weighted by Gasteiger charge is -2.08. The first-order chi connectivity index (χ1) is 14.0. The average Bonchev–Trinajstić information content (AvgIpc) is 3.10. The van der Waals surface area contributed by atoms with Crippen molar-refractivity contribution < 1.29 is 13.2 Å². The van der Waals surface area contributed by atoms with E-state index in [1.54, 1.807) is 0 Å². The van der Waals surface area contributed by atoms with Crippen molar-refractivity contribution in [3.05, 3.63) is 66.0 Å². The van der Waals surface area contributed by atoms with Crippen LogP contribution in [0, 0.1) is 0 Å². The van der Waals surface area contributed by atoms with Gasteiger partial charge in [-0.3, -0.25) is 4.79 Å². The van der Waals surface area contributed by atoms with Crippen molar-refractivity contribution >= 4 is 26.8 Å². The number of hydrogen-bond donors (Lipinski definition) is 1. The number of hydrogen-bond acceptors (Lipinski definition) is 4. The zero-order valence-electron chi connectivity index (χ0n) is 16.7. The van der Waals surface area contributed by atoms with Gasteiger partial charge in [-0.05, 0) is 29.7 Å². The first-order valence-electron chi connectivity index (χ1n) is 9.91. The summed E-state index contributed by atoms with van der Waals surface area (Å²) >= 11 is 0. The Bertz CT molecular complexity index is 1060. The van der Waals surface area contributed by atoms with E-state index in [4.69, 9.17) is 0 Å². The largest absolute Gasteiger partial charge is 0.351 e. The summed E-state index contributed by atoms with van der Waals surface area (Å²) in [5.41, 5.74) is 4.11. The summed E-state index contributed by atoms with van der Waals surface area (Å²) in [5.74, 6) is -0.815. The van der Waals surface area contributed by atoms with Crippen LogP contribution in [0.15, 0.2) is 54.9 Å². The highest BCUT2D eigenvalue weighted by molar-refractivity contribution is 7.92. The third-order valence-electron chi connectivity index (χ3n) is 4.80. The number of nitrogens with one attached hydrogen (secondary N) is 1. The molecule has 1 N–H and O–H groups in total. The van der Waals surface area contributed by atoms with Gasteiger partial charge in [0.05, 0.1) is 23.1 Å². The maximum atomic E-state index is 12.0. The van der Waals surface area contributed by atoms with Crippen molar-refractivity contribution in [3.8, 4) is 0 Å². The fourth-order valence-electron chi connectivity index (χ4n) is 3.19. The van der Waals surface area contributed by atoms with Crippen molar-refractivity contribution in [2.45, 2.75) is 39.3 Å². The summed E-state index contributed by atoms with van der Waals surface area (Å²) < 4.78 is 26.0. The number of amides is 1. The minimum atomic E-state index is -3.33. The molecule has 29 heavy (non-hydrogen) atoms. The van der Waals surface area contributed by atoms with Crippen LogP contribution in [0.3, 0.4) is 0 Å². The minimum Gasteiger partial charge on any atom is -0.351 e. The Morgan fingerprint density at radius 2 is 1.76 bits per heavy atom. The summed E-state index contributed by atoms with van der Waals surface area (Å²) in [6.07, 6.45) is 4.26. The Balaban J connectivity index is 1.51. The smallest absolute Gasteiger partial charge is 0.235 e. The molecule has 0 spiro atoms. The molecule has 0 saturated carbocycles. The lowest BCUT2D eigenvalue weighted by atomic mass is 10.1. The molecule has 1 heterocycles. The molecule has 1 amide bonds. The molecule has 6 nitrogen and oxygen atoms in total. The number of imidazole rings is 1. The van der Waals surface area contributed by atoms with Crippen LogP contribution < -0.4 is 5.32 Å². The molecule has 0 atom stereocenters. The normalized spacial score (nSPS) is 11.6. The predicted molar refractivity (Wildman–Crippen MR) is 115 cm³/mol. The van der Waals surface area contributed by atoms with Crippen molar-refractivity contribution in [2.24, 2.45) is 0 Å². The number of rotatable bonds is 10. The second-order valence-electron chi connectivity index (χ2n) is 7.25. The molecule has 0 radical (unpaired) electrons. The monoisotopic (exact) mass is 413 g/mol. The van der Waals surface area contributed by atoms with E-state index in [2.05, 4.69) is 14.9 Å². The SMILES string of the molecule is CCCCCS(=O)(=O)CC(=O)NCc1ccc(Cn2cnc3ccccc32)cc1. The van der Waals surface area contributed by atoms with E-state index in [1.807, 2.05) is 61.8 Å². The molecule has 0 aliphatic carbocycles. The Kier molecular flexibility index (Phi) is 7.04. The van der Waals surface area contributed by atoms with E-state index in [1.165, 1.54) is 0 Å². The molecule has 3 aromatic rings. The zero-order valence-corrected chi connectivity index (χ0v) is 17.5. The number of carbonyl (C=O) groups is 1. The zero-order chi connectivity index (χ0) is 20.7. The highest BCUT2D eigenvalue weighted by atomic mass is 32.2. The summed E-state index contributed by atoms with van der Waals surface area (Å²) in [6.45, 7) is 3.04. The van der Waals surface area contributed by atoms with Crippen LogP contribution in [0.5, 0.6) is 0 Å². The van der Waals surface area contributed by atoms with E-state index in [9.17, 15) is 13.2 Å². The third kappa shape index (κ3) is 6.15. The topological polar surface area (TPSA) is 81.1 Å². The van der Waals surface area contributed by atoms with Crippen LogP contribution in [0.2, 0.25) is 0 Å². The van der Waals surface area contributed by atoms with Crippen LogP contribution in [-0.2, 0) is 27.7 Å². The number of carbonyl (C=O) groups excluding carboxylic acids is 1. The van der Waals surface area contributed by atoms with E-state index >= 15 is 0 Å². The number of para-hydroxylation sites is 2. The lowest BCUT2D eigenvalue weighted by Crippen LogP contribution is -2.30. The average molecular weight is 414 g/mol. The first kappa shape index (κ1) is 21.0. The van der Waals surface area contributed by atoms with Gasteiger partial charge in [-0.15, -0.1) is 0 Å². The Labute approximate surface area is 171 Å². The van der Waals surface area contributed by atoms with Gasteiger partial charge >= 0.3 is 0 Å². The summed E-state index contributed by atoms with van der Waals surface area (Å²) in [4.78, 5) is 16.4. The summed E-state index contributed by atoms with van der Waals surface area (Å²) in [6, 6.07) is 15.9. The van der Waals surface area contributed by atoms with Crippen molar-refractivity contribution in [3.63, 3.8) is 0 Å². The highest BCUT2D eigenvalue weighted by Crippen LogP contribution is 2.14. The van der Waals surface area contributed by atoms with Crippen LogP contribution in [0.25, 0.3) is 11.0 Å². The van der Waals surface area contributed by atoms with Crippen molar-refractivity contribution in [1.82, 2.24) is 14.9 Å². The fraction of sp³-hybridized carbons (Fsp3) is 0.364. The number of unbranched alkanes of at least 4 members (excludes halogenated alkanes) is 2. The Morgan fingerprint density at radius 3 is 2.52 bits per heavy atom. The van der Waals surface area contributed by atoms with Gasteiger partial charge in [-0.1, -0.05) is 56.2 Å². The Morgan fingerprint density at radius 1 is 1.03 bits per heavy atom. The number of benzene rings is 2. The number of sulfone groups is 1. The number of fused-ring (bicyclic) bond motifs is 1.